The summed E-state index contributed by atoms with van der Waals surface area (Å²) in [7, 11) is 1.83. The molecule has 2 heterocycles. The molecule has 4 rings (SSSR count). The number of anilines is 2. The summed E-state index contributed by atoms with van der Waals surface area (Å²) in [6.07, 6.45) is 0. The van der Waals surface area contributed by atoms with Crippen LogP contribution in [-0.2, 0) is 11.3 Å². The van der Waals surface area contributed by atoms with Crippen molar-refractivity contribution >= 4 is 33.2 Å². The first-order valence-corrected chi connectivity index (χ1v) is 11.5. The molecule has 0 bridgehead atoms. The number of carbonyl (C=O) groups is 1. The minimum absolute atomic E-state index is 0.0887. The average molecular weight is 467 g/mol. The van der Waals surface area contributed by atoms with Crippen molar-refractivity contribution in [3.05, 3.63) is 66.0 Å². The van der Waals surface area contributed by atoms with Gasteiger partial charge < -0.3 is 15.5 Å². The molecule has 2 aromatic carbocycles. The summed E-state index contributed by atoms with van der Waals surface area (Å²) in [6.45, 7) is 6.82. The number of nitrogens with one attached hydrogen (secondary N) is 2. The highest BCUT2D eigenvalue weighted by atomic mass is 32.1. The molecule has 7 nitrogen and oxygen atoms in total. The van der Waals surface area contributed by atoms with Crippen LogP contribution in [0.5, 0.6) is 0 Å². The third-order valence-corrected chi connectivity index (χ3v) is 5.87. The molecule has 172 valence electrons. The van der Waals surface area contributed by atoms with E-state index in [1.54, 1.807) is 21.5 Å². The molecule has 0 spiro atoms. The molecule has 0 aliphatic heterocycles. The summed E-state index contributed by atoms with van der Waals surface area (Å²) >= 11 is 1.39. The molecule has 0 unspecified atom stereocenters. The summed E-state index contributed by atoms with van der Waals surface area (Å²) in [5, 5.41) is 11.8. The predicted molar refractivity (Wildman–Crippen MR) is 131 cm³/mol. The summed E-state index contributed by atoms with van der Waals surface area (Å²) < 4.78 is 15.2. The Balaban J connectivity index is 1.55. The van der Waals surface area contributed by atoms with Crippen molar-refractivity contribution in [1.29, 1.82) is 0 Å². The van der Waals surface area contributed by atoms with Crippen molar-refractivity contribution in [2.75, 3.05) is 23.8 Å². The third kappa shape index (κ3) is 5.48. The second-order valence-electron chi connectivity index (χ2n) is 8.89. The lowest BCUT2D eigenvalue weighted by atomic mass is 10.1. The Hall–Kier alpha value is -3.46. The Kier molecular flexibility index (Phi) is 6.33. The number of benzene rings is 2. The molecule has 4 aromatic rings. The van der Waals surface area contributed by atoms with Gasteiger partial charge in [0.2, 0.25) is 16.0 Å². The van der Waals surface area contributed by atoms with Gasteiger partial charge in [-0.3, -0.25) is 4.79 Å². The quantitative estimate of drug-likeness (QED) is 0.418. The van der Waals surface area contributed by atoms with Crippen molar-refractivity contribution in [2.24, 2.45) is 0 Å². The van der Waals surface area contributed by atoms with E-state index < -0.39 is 0 Å². The van der Waals surface area contributed by atoms with E-state index in [9.17, 15) is 9.18 Å². The Morgan fingerprint density at radius 3 is 2.48 bits per heavy atom. The van der Waals surface area contributed by atoms with Crippen LogP contribution in [0, 0.1) is 5.82 Å². The van der Waals surface area contributed by atoms with Gasteiger partial charge in [-0.2, -0.15) is 4.52 Å². The van der Waals surface area contributed by atoms with Crippen LogP contribution in [0.4, 0.5) is 15.3 Å². The van der Waals surface area contributed by atoms with Crippen molar-refractivity contribution in [2.45, 2.75) is 32.9 Å². The van der Waals surface area contributed by atoms with Gasteiger partial charge in [-0.15, -0.1) is 5.10 Å². The highest BCUT2D eigenvalue weighted by molar-refractivity contribution is 7.20. The molecule has 33 heavy (non-hydrogen) atoms. The van der Waals surface area contributed by atoms with Crippen molar-refractivity contribution in [1.82, 2.24) is 19.9 Å². The molecule has 2 N–H and O–H groups in total. The molecule has 0 atom stereocenters. The van der Waals surface area contributed by atoms with E-state index in [0.717, 1.165) is 16.9 Å². The molecule has 0 aliphatic carbocycles. The highest BCUT2D eigenvalue weighted by Crippen LogP contribution is 2.34. The van der Waals surface area contributed by atoms with Gasteiger partial charge in [-0.05, 0) is 50.6 Å². The van der Waals surface area contributed by atoms with Gasteiger partial charge in [-0.25, -0.2) is 9.37 Å². The zero-order valence-corrected chi connectivity index (χ0v) is 19.9. The Bertz CT molecular complexity index is 1240. The largest absolute Gasteiger partial charge is 0.364 e. The van der Waals surface area contributed by atoms with Crippen LogP contribution in [0.1, 0.15) is 26.3 Å². The number of carbonyl (C=O) groups excluding carboxylic acids is 1. The minimum Gasteiger partial charge on any atom is -0.364 e. The number of hydrogen-bond donors (Lipinski definition) is 2. The third-order valence-electron chi connectivity index (χ3n) is 4.84. The van der Waals surface area contributed by atoms with Crippen LogP contribution in [0.25, 0.3) is 16.2 Å². The Labute approximate surface area is 196 Å². The lowest BCUT2D eigenvalue weighted by molar-refractivity contribution is -0.119. The summed E-state index contributed by atoms with van der Waals surface area (Å²) in [4.78, 5) is 19.7. The maximum atomic E-state index is 13.4. The first-order valence-electron chi connectivity index (χ1n) is 10.6. The molecular formula is C24H27FN6OS. The van der Waals surface area contributed by atoms with Gasteiger partial charge in [0.25, 0.3) is 0 Å². The number of fused-ring (bicyclic) bond motifs is 1. The van der Waals surface area contributed by atoms with E-state index in [4.69, 9.17) is 10.1 Å². The van der Waals surface area contributed by atoms with Crippen molar-refractivity contribution in [3.8, 4) is 11.3 Å². The molecule has 9 heteroatoms. The zero-order chi connectivity index (χ0) is 23.6. The van der Waals surface area contributed by atoms with E-state index in [2.05, 4.69) is 31.4 Å². The zero-order valence-electron chi connectivity index (χ0n) is 19.1. The van der Waals surface area contributed by atoms with Crippen LogP contribution in [0.15, 0.2) is 54.6 Å². The van der Waals surface area contributed by atoms with Crippen LogP contribution in [-0.4, -0.2) is 39.6 Å². The van der Waals surface area contributed by atoms with Gasteiger partial charge >= 0.3 is 0 Å². The molecule has 1 amide bonds. The summed E-state index contributed by atoms with van der Waals surface area (Å²) in [5.74, 6) is 0.348. The lowest BCUT2D eigenvalue weighted by Gasteiger charge is -2.22. The first-order chi connectivity index (χ1) is 15.7. The fourth-order valence-electron chi connectivity index (χ4n) is 3.30. The van der Waals surface area contributed by atoms with Gasteiger partial charge in [0.15, 0.2) is 5.82 Å². The fourth-order valence-corrected chi connectivity index (χ4v) is 4.17. The average Bonchev–Trinajstić information content (AvgIpc) is 3.32. The molecule has 0 radical (unpaired) electrons. The number of hydrogen-bond acceptors (Lipinski definition) is 6. The van der Waals surface area contributed by atoms with E-state index >= 15 is 0 Å². The Morgan fingerprint density at radius 2 is 1.82 bits per heavy atom. The number of rotatable bonds is 7. The second-order valence-corrected chi connectivity index (χ2v) is 9.82. The van der Waals surface area contributed by atoms with Crippen LogP contribution >= 0.6 is 11.3 Å². The maximum Gasteiger partial charge on any atom is 0.239 e. The molecule has 0 aliphatic rings. The van der Waals surface area contributed by atoms with E-state index in [1.807, 2.05) is 37.4 Å². The van der Waals surface area contributed by atoms with Gasteiger partial charge in [0.05, 0.1) is 6.54 Å². The number of nitrogens with zero attached hydrogens (tertiary/aromatic N) is 4. The predicted octanol–water partition coefficient (Wildman–Crippen LogP) is 4.56. The van der Waals surface area contributed by atoms with Crippen molar-refractivity contribution in [3.63, 3.8) is 0 Å². The molecule has 2 aromatic heterocycles. The minimum atomic E-state index is -0.294. The number of imidazole rings is 1. The van der Waals surface area contributed by atoms with E-state index in [0.29, 0.717) is 22.3 Å². The highest BCUT2D eigenvalue weighted by Gasteiger charge is 2.23. The SMILES string of the molecule is CN(CC(=O)NCc1ccccc1)c1nn2c(NC(C)(C)C)c(-c3ccc(F)cc3)nc2s1. The maximum absolute atomic E-state index is 13.4. The van der Waals surface area contributed by atoms with Crippen LogP contribution < -0.4 is 15.5 Å². The number of halogens is 1. The van der Waals surface area contributed by atoms with Crippen LogP contribution in [0.2, 0.25) is 0 Å². The molecular weight excluding hydrogens is 439 g/mol. The number of likely N-dealkylation sites (N-methyl/N-ethyl adjacent to an activating group) is 1. The Morgan fingerprint density at radius 1 is 1.12 bits per heavy atom. The standard InChI is InChI=1S/C24H27FN6OS/c1-24(2,3)28-21-20(17-10-12-18(25)13-11-17)27-22-31(21)29-23(33-22)30(4)15-19(32)26-14-16-8-6-5-7-9-16/h5-13,28H,14-15H2,1-4H3,(H,26,32). The van der Waals surface area contributed by atoms with Gasteiger partial charge in [0, 0.05) is 24.7 Å². The summed E-state index contributed by atoms with van der Waals surface area (Å²) in [6, 6.07) is 16.0. The monoisotopic (exact) mass is 466 g/mol. The number of amides is 1. The topological polar surface area (TPSA) is 74.6 Å². The van der Waals surface area contributed by atoms with Gasteiger partial charge in [-0.1, -0.05) is 41.7 Å². The van der Waals surface area contributed by atoms with E-state index in [1.165, 1.54) is 23.5 Å². The van der Waals surface area contributed by atoms with Gasteiger partial charge in [0.1, 0.15) is 11.5 Å². The second kappa shape index (κ2) is 9.19. The molecule has 0 saturated carbocycles. The summed E-state index contributed by atoms with van der Waals surface area (Å²) in [5.41, 5.74) is 2.32. The van der Waals surface area contributed by atoms with Crippen molar-refractivity contribution < 1.29 is 9.18 Å². The number of aromatic nitrogens is 3. The lowest BCUT2D eigenvalue weighted by Crippen LogP contribution is -2.34. The smallest absolute Gasteiger partial charge is 0.239 e. The fraction of sp³-hybridized carbons (Fsp3) is 0.292. The van der Waals surface area contributed by atoms with Crippen LogP contribution in [0.3, 0.4) is 0 Å². The molecule has 0 saturated heterocycles. The normalized spacial score (nSPS) is 11.5. The molecule has 0 fully saturated rings. The van der Waals surface area contributed by atoms with E-state index in [-0.39, 0.29) is 23.8 Å². The first kappa shape index (κ1) is 22.7.